The number of rotatable bonds is 3. The van der Waals surface area contributed by atoms with E-state index in [1.165, 1.54) is 0 Å². The Bertz CT molecular complexity index is 242. The van der Waals surface area contributed by atoms with Gasteiger partial charge in [0.15, 0.2) is 0 Å². The van der Waals surface area contributed by atoms with Crippen LogP contribution in [0.1, 0.15) is 46.5 Å². The summed E-state index contributed by atoms with van der Waals surface area (Å²) in [6.45, 7) is 6.87. The molecule has 0 saturated carbocycles. The molecule has 3 heteroatoms. The molecule has 0 radical (unpaired) electrons. The van der Waals surface area contributed by atoms with Gasteiger partial charge in [-0.05, 0) is 52.0 Å². The Morgan fingerprint density at radius 3 is 2.47 bits per heavy atom. The number of β-amino-alcohol motifs (C(OH)–C–C–N with tert-alkyl or cyclic N) is 1. The maximum absolute atomic E-state index is 10.0. The van der Waals surface area contributed by atoms with Gasteiger partial charge in [0.25, 0.3) is 0 Å². The topological polar surface area (TPSA) is 32.3 Å². The summed E-state index contributed by atoms with van der Waals surface area (Å²) >= 11 is 6.12. The summed E-state index contributed by atoms with van der Waals surface area (Å²) in [6, 6.07) is 0. The van der Waals surface area contributed by atoms with Crippen molar-refractivity contribution in [3.63, 3.8) is 0 Å². The molecule has 1 unspecified atom stereocenters. The zero-order chi connectivity index (χ0) is 11.5. The van der Waals surface area contributed by atoms with E-state index in [2.05, 4.69) is 26.1 Å². The van der Waals surface area contributed by atoms with Crippen LogP contribution in [0.2, 0.25) is 0 Å². The van der Waals surface area contributed by atoms with Gasteiger partial charge in [0.1, 0.15) is 0 Å². The Morgan fingerprint density at radius 1 is 1.33 bits per heavy atom. The van der Waals surface area contributed by atoms with Crippen LogP contribution in [0.25, 0.3) is 0 Å². The number of hydrogen-bond acceptors (Lipinski definition) is 2. The minimum Gasteiger partial charge on any atom is -0.387 e. The third-order valence-electron chi connectivity index (χ3n) is 2.67. The second-order valence-electron chi connectivity index (χ2n) is 5.28. The average Bonchev–Trinajstić information content (AvgIpc) is 2.14. The lowest BCUT2D eigenvalue weighted by atomic mass is 9.94. The highest BCUT2D eigenvalue weighted by molar-refractivity contribution is 6.30. The molecular formula is C12H22ClNO. The first-order chi connectivity index (χ1) is 6.90. The molecule has 0 heterocycles. The van der Waals surface area contributed by atoms with Crippen molar-refractivity contribution < 1.29 is 5.11 Å². The minimum atomic E-state index is -0.419. The summed E-state index contributed by atoms with van der Waals surface area (Å²) in [6.07, 6.45) is 3.77. The highest BCUT2D eigenvalue weighted by atomic mass is 35.5. The molecule has 88 valence electrons. The van der Waals surface area contributed by atoms with Crippen LogP contribution in [0.3, 0.4) is 0 Å². The fraction of sp³-hybridized carbons (Fsp3) is 0.833. The fourth-order valence-electron chi connectivity index (χ4n) is 1.77. The Labute approximate surface area is 97.7 Å². The predicted octanol–water partition coefficient (Wildman–Crippen LogP) is 2.80. The summed E-state index contributed by atoms with van der Waals surface area (Å²) in [7, 11) is 0. The molecule has 1 aliphatic rings. The molecule has 0 bridgehead atoms. The van der Waals surface area contributed by atoms with Gasteiger partial charge in [-0.2, -0.15) is 0 Å². The summed E-state index contributed by atoms with van der Waals surface area (Å²) < 4.78 is 0. The quantitative estimate of drug-likeness (QED) is 0.783. The Balaban J connectivity index is 2.49. The molecule has 0 aromatic rings. The van der Waals surface area contributed by atoms with Crippen molar-refractivity contribution in [1.82, 2.24) is 5.32 Å². The molecule has 15 heavy (non-hydrogen) atoms. The van der Waals surface area contributed by atoms with Gasteiger partial charge in [-0.1, -0.05) is 11.6 Å². The molecule has 0 spiro atoms. The van der Waals surface area contributed by atoms with Crippen LogP contribution >= 0.6 is 11.6 Å². The molecule has 1 aliphatic carbocycles. The molecule has 2 nitrogen and oxygen atoms in total. The van der Waals surface area contributed by atoms with E-state index in [0.717, 1.165) is 36.3 Å². The van der Waals surface area contributed by atoms with Gasteiger partial charge in [-0.15, -0.1) is 0 Å². The average molecular weight is 232 g/mol. The highest BCUT2D eigenvalue weighted by Crippen LogP contribution is 2.29. The number of nitrogens with one attached hydrogen (secondary N) is 1. The standard InChI is InChI=1S/C12H22ClNO/c1-12(2,3)14-8-11(15)9-6-4-5-7-10(9)13/h11,14-15H,4-8H2,1-3H3. The van der Waals surface area contributed by atoms with Crippen molar-refractivity contribution in [1.29, 1.82) is 0 Å². The molecular weight excluding hydrogens is 210 g/mol. The van der Waals surface area contributed by atoms with Crippen LogP contribution in [0, 0.1) is 0 Å². The predicted molar refractivity (Wildman–Crippen MR) is 65.1 cm³/mol. The molecule has 0 saturated heterocycles. The van der Waals surface area contributed by atoms with E-state index in [1.54, 1.807) is 0 Å². The third-order valence-corrected chi connectivity index (χ3v) is 3.10. The largest absolute Gasteiger partial charge is 0.387 e. The van der Waals surface area contributed by atoms with Crippen LogP contribution in [-0.4, -0.2) is 23.3 Å². The first-order valence-corrected chi connectivity index (χ1v) is 6.08. The number of allylic oxidation sites excluding steroid dienone is 1. The van der Waals surface area contributed by atoms with Crippen molar-refractivity contribution in [3.05, 3.63) is 10.6 Å². The fourth-order valence-corrected chi connectivity index (χ4v) is 2.12. The van der Waals surface area contributed by atoms with E-state index in [9.17, 15) is 5.11 Å². The van der Waals surface area contributed by atoms with Crippen LogP contribution in [-0.2, 0) is 0 Å². The molecule has 0 fully saturated rings. The zero-order valence-electron chi connectivity index (χ0n) is 9.94. The smallest absolute Gasteiger partial charge is 0.0888 e. The Kier molecular flexibility index (Phi) is 4.63. The van der Waals surface area contributed by atoms with Crippen molar-refractivity contribution in [2.24, 2.45) is 0 Å². The molecule has 1 atom stereocenters. The molecule has 0 amide bonds. The van der Waals surface area contributed by atoms with Crippen LogP contribution in [0.5, 0.6) is 0 Å². The zero-order valence-corrected chi connectivity index (χ0v) is 10.7. The third kappa shape index (κ3) is 4.54. The lowest BCUT2D eigenvalue weighted by Gasteiger charge is -2.26. The van der Waals surface area contributed by atoms with E-state index in [-0.39, 0.29) is 5.54 Å². The Hall–Kier alpha value is -0.0500. The maximum Gasteiger partial charge on any atom is 0.0888 e. The highest BCUT2D eigenvalue weighted by Gasteiger charge is 2.20. The normalized spacial score (nSPS) is 20.6. The molecule has 1 rings (SSSR count). The van der Waals surface area contributed by atoms with Gasteiger partial charge in [0.2, 0.25) is 0 Å². The first-order valence-electron chi connectivity index (χ1n) is 5.70. The number of halogens is 1. The number of hydrogen-bond donors (Lipinski definition) is 2. The summed E-state index contributed by atoms with van der Waals surface area (Å²) in [5.74, 6) is 0. The molecule has 0 aliphatic heterocycles. The van der Waals surface area contributed by atoms with Crippen LogP contribution in [0.4, 0.5) is 0 Å². The monoisotopic (exact) mass is 231 g/mol. The van der Waals surface area contributed by atoms with E-state index in [4.69, 9.17) is 11.6 Å². The van der Waals surface area contributed by atoms with Crippen molar-refractivity contribution >= 4 is 11.6 Å². The van der Waals surface area contributed by atoms with Crippen LogP contribution in [0.15, 0.2) is 10.6 Å². The van der Waals surface area contributed by atoms with Gasteiger partial charge >= 0.3 is 0 Å². The van der Waals surface area contributed by atoms with Crippen molar-refractivity contribution in [2.45, 2.75) is 58.1 Å². The molecule has 0 aromatic carbocycles. The minimum absolute atomic E-state index is 0.0443. The van der Waals surface area contributed by atoms with Gasteiger partial charge < -0.3 is 10.4 Å². The van der Waals surface area contributed by atoms with E-state index >= 15 is 0 Å². The number of aliphatic hydroxyl groups is 1. The summed E-state index contributed by atoms with van der Waals surface area (Å²) in [5, 5.41) is 14.2. The molecule has 0 aromatic heterocycles. The van der Waals surface area contributed by atoms with E-state index < -0.39 is 6.10 Å². The SMILES string of the molecule is CC(C)(C)NCC(O)C1=C(Cl)CCCC1. The maximum atomic E-state index is 10.0. The summed E-state index contributed by atoms with van der Waals surface area (Å²) in [5.41, 5.74) is 1.09. The Morgan fingerprint density at radius 2 is 1.93 bits per heavy atom. The first kappa shape index (κ1) is 13.0. The second kappa shape index (κ2) is 5.33. The second-order valence-corrected chi connectivity index (χ2v) is 5.74. The van der Waals surface area contributed by atoms with Crippen molar-refractivity contribution in [2.75, 3.05) is 6.54 Å². The number of aliphatic hydroxyl groups excluding tert-OH is 1. The lowest BCUT2D eigenvalue weighted by molar-refractivity contribution is 0.187. The summed E-state index contributed by atoms with van der Waals surface area (Å²) in [4.78, 5) is 0. The lowest BCUT2D eigenvalue weighted by Crippen LogP contribution is -2.41. The van der Waals surface area contributed by atoms with Gasteiger partial charge in [0, 0.05) is 17.1 Å². The van der Waals surface area contributed by atoms with E-state index in [0.29, 0.717) is 6.54 Å². The van der Waals surface area contributed by atoms with Gasteiger partial charge in [0.05, 0.1) is 6.10 Å². The van der Waals surface area contributed by atoms with Crippen molar-refractivity contribution in [3.8, 4) is 0 Å². The van der Waals surface area contributed by atoms with Gasteiger partial charge in [-0.3, -0.25) is 0 Å². The van der Waals surface area contributed by atoms with Crippen LogP contribution < -0.4 is 5.32 Å². The van der Waals surface area contributed by atoms with E-state index in [1.807, 2.05) is 0 Å². The van der Waals surface area contributed by atoms with Gasteiger partial charge in [-0.25, -0.2) is 0 Å². The molecule has 2 N–H and O–H groups in total.